The standard InChI is InChI=1S/C14H15BrF2N2O2/c1-2-3-11-14(21)19(5-4-12(20)18-11)13-9(16)6-8(15)7-10(13)17/h6-7,11H,2-5H2,1H3,(H,18,20). The first-order chi connectivity index (χ1) is 9.93. The summed E-state index contributed by atoms with van der Waals surface area (Å²) in [7, 11) is 0. The van der Waals surface area contributed by atoms with E-state index in [4.69, 9.17) is 0 Å². The lowest BCUT2D eigenvalue weighted by Gasteiger charge is -2.24. The summed E-state index contributed by atoms with van der Waals surface area (Å²) in [5, 5.41) is 2.60. The molecule has 0 aliphatic carbocycles. The van der Waals surface area contributed by atoms with Crippen molar-refractivity contribution in [3.8, 4) is 0 Å². The quantitative estimate of drug-likeness (QED) is 0.900. The van der Waals surface area contributed by atoms with Gasteiger partial charge in [-0.2, -0.15) is 0 Å². The molecule has 4 nitrogen and oxygen atoms in total. The first kappa shape index (κ1) is 15.9. The predicted molar refractivity (Wildman–Crippen MR) is 77.9 cm³/mol. The van der Waals surface area contributed by atoms with Gasteiger partial charge in [0.05, 0.1) is 0 Å². The molecule has 1 saturated heterocycles. The Balaban J connectivity index is 2.41. The van der Waals surface area contributed by atoms with Crippen LogP contribution in [0.1, 0.15) is 26.2 Å². The van der Waals surface area contributed by atoms with Gasteiger partial charge in [0.1, 0.15) is 11.7 Å². The van der Waals surface area contributed by atoms with Crippen molar-refractivity contribution in [1.82, 2.24) is 5.32 Å². The number of hydrogen-bond acceptors (Lipinski definition) is 2. The second kappa shape index (κ2) is 6.51. The molecule has 1 unspecified atom stereocenters. The molecule has 1 aromatic rings. The van der Waals surface area contributed by atoms with Crippen molar-refractivity contribution in [1.29, 1.82) is 0 Å². The zero-order chi connectivity index (χ0) is 15.6. The van der Waals surface area contributed by atoms with E-state index >= 15 is 0 Å². The van der Waals surface area contributed by atoms with Crippen molar-refractivity contribution in [3.63, 3.8) is 0 Å². The van der Waals surface area contributed by atoms with Crippen molar-refractivity contribution < 1.29 is 18.4 Å². The molecule has 1 aliphatic heterocycles. The molecule has 0 saturated carbocycles. The maximum Gasteiger partial charge on any atom is 0.249 e. The van der Waals surface area contributed by atoms with Gasteiger partial charge < -0.3 is 10.2 Å². The monoisotopic (exact) mass is 360 g/mol. The number of halogens is 3. The van der Waals surface area contributed by atoms with E-state index in [9.17, 15) is 18.4 Å². The number of amides is 2. The molecule has 1 heterocycles. The fraction of sp³-hybridized carbons (Fsp3) is 0.429. The van der Waals surface area contributed by atoms with Crippen LogP contribution < -0.4 is 10.2 Å². The van der Waals surface area contributed by atoms with E-state index in [1.807, 2.05) is 6.92 Å². The van der Waals surface area contributed by atoms with Crippen LogP contribution in [0.3, 0.4) is 0 Å². The van der Waals surface area contributed by atoms with E-state index in [0.717, 1.165) is 17.0 Å². The summed E-state index contributed by atoms with van der Waals surface area (Å²) in [5.74, 6) is -2.44. The summed E-state index contributed by atoms with van der Waals surface area (Å²) in [6, 6.07) is 1.45. The number of nitrogens with zero attached hydrogens (tertiary/aromatic N) is 1. The van der Waals surface area contributed by atoms with Crippen molar-refractivity contribution in [2.24, 2.45) is 0 Å². The highest BCUT2D eigenvalue weighted by Crippen LogP contribution is 2.29. The normalized spacial score (nSPS) is 19.4. The molecule has 1 N–H and O–H groups in total. The topological polar surface area (TPSA) is 49.4 Å². The largest absolute Gasteiger partial charge is 0.344 e. The van der Waals surface area contributed by atoms with E-state index in [-0.39, 0.29) is 23.3 Å². The van der Waals surface area contributed by atoms with E-state index in [2.05, 4.69) is 21.2 Å². The van der Waals surface area contributed by atoms with Gasteiger partial charge in [-0.25, -0.2) is 8.78 Å². The third-order valence-electron chi connectivity index (χ3n) is 3.29. The predicted octanol–water partition coefficient (Wildman–Crippen LogP) is 2.75. The average Bonchev–Trinajstić information content (AvgIpc) is 2.51. The molecule has 0 bridgehead atoms. The molecule has 1 aromatic carbocycles. The lowest BCUT2D eigenvalue weighted by molar-refractivity contribution is -0.125. The van der Waals surface area contributed by atoms with E-state index in [0.29, 0.717) is 12.8 Å². The van der Waals surface area contributed by atoms with Gasteiger partial charge in [-0.15, -0.1) is 0 Å². The van der Waals surface area contributed by atoms with E-state index in [1.165, 1.54) is 0 Å². The van der Waals surface area contributed by atoms with Gasteiger partial charge in [-0.3, -0.25) is 9.59 Å². The van der Waals surface area contributed by atoms with Crippen LogP contribution in [-0.2, 0) is 9.59 Å². The number of rotatable bonds is 3. The maximum atomic E-state index is 14.0. The molecule has 2 amide bonds. The number of benzene rings is 1. The fourth-order valence-corrected chi connectivity index (χ4v) is 2.74. The molecule has 7 heteroatoms. The zero-order valence-corrected chi connectivity index (χ0v) is 13.0. The molecule has 0 spiro atoms. The van der Waals surface area contributed by atoms with Crippen LogP contribution in [0, 0.1) is 11.6 Å². The molecule has 21 heavy (non-hydrogen) atoms. The van der Waals surface area contributed by atoms with Gasteiger partial charge >= 0.3 is 0 Å². The summed E-state index contributed by atoms with van der Waals surface area (Å²) in [4.78, 5) is 25.1. The van der Waals surface area contributed by atoms with Crippen molar-refractivity contribution in [3.05, 3.63) is 28.2 Å². The number of nitrogens with one attached hydrogen (secondary N) is 1. The number of carbonyl (C=O) groups is 2. The summed E-state index contributed by atoms with van der Waals surface area (Å²) in [6.07, 6.45) is 1.12. The summed E-state index contributed by atoms with van der Waals surface area (Å²) >= 11 is 3.00. The molecular weight excluding hydrogens is 346 g/mol. The first-order valence-electron chi connectivity index (χ1n) is 6.69. The second-order valence-corrected chi connectivity index (χ2v) is 5.78. The van der Waals surface area contributed by atoms with Gasteiger partial charge in [-0.1, -0.05) is 29.3 Å². The number of anilines is 1. The van der Waals surface area contributed by atoms with Crippen LogP contribution >= 0.6 is 15.9 Å². The minimum absolute atomic E-state index is 0.0148. The van der Waals surface area contributed by atoms with Crippen molar-refractivity contribution in [2.75, 3.05) is 11.4 Å². The third kappa shape index (κ3) is 3.40. The highest BCUT2D eigenvalue weighted by atomic mass is 79.9. The second-order valence-electron chi connectivity index (χ2n) is 4.87. The van der Waals surface area contributed by atoms with Gasteiger partial charge in [-0.05, 0) is 18.6 Å². The van der Waals surface area contributed by atoms with Crippen LogP contribution in [-0.4, -0.2) is 24.4 Å². The summed E-state index contributed by atoms with van der Waals surface area (Å²) in [6.45, 7) is 1.83. The first-order valence-corrected chi connectivity index (χ1v) is 7.48. The Hall–Kier alpha value is -1.50. The fourth-order valence-electron chi connectivity index (χ4n) is 2.34. The average molecular weight is 361 g/mol. The van der Waals surface area contributed by atoms with Crippen LogP contribution in [0.15, 0.2) is 16.6 Å². The summed E-state index contributed by atoms with van der Waals surface area (Å²) < 4.78 is 28.3. The molecule has 1 atom stereocenters. The molecule has 2 rings (SSSR count). The third-order valence-corrected chi connectivity index (χ3v) is 3.75. The highest BCUT2D eigenvalue weighted by molar-refractivity contribution is 9.10. The Morgan fingerprint density at radius 2 is 1.95 bits per heavy atom. The van der Waals surface area contributed by atoms with Crippen LogP contribution in [0.4, 0.5) is 14.5 Å². The zero-order valence-electron chi connectivity index (χ0n) is 11.5. The lowest BCUT2D eigenvalue weighted by Crippen LogP contribution is -2.45. The highest BCUT2D eigenvalue weighted by Gasteiger charge is 2.33. The Morgan fingerprint density at radius 1 is 1.33 bits per heavy atom. The SMILES string of the molecule is CCCC1NC(=O)CCN(c2c(F)cc(Br)cc2F)C1=O. The van der Waals surface area contributed by atoms with E-state index < -0.39 is 29.3 Å². The minimum Gasteiger partial charge on any atom is -0.344 e. The lowest BCUT2D eigenvalue weighted by atomic mass is 10.1. The Labute approximate surface area is 129 Å². The molecule has 0 aromatic heterocycles. The van der Waals surface area contributed by atoms with Gasteiger partial charge in [0, 0.05) is 17.4 Å². The van der Waals surface area contributed by atoms with Crippen molar-refractivity contribution in [2.45, 2.75) is 32.2 Å². The maximum absolute atomic E-state index is 14.0. The molecular formula is C14H15BrF2N2O2. The molecule has 0 radical (unpaired) electrons. The number of hydrogen-bond donors (Lipinski definition) is 1. The van der Waals surface area contributed by atoms with Crippen LogP contribution in [0.5, 0.6) is 0 Å². The summed E-state index contributed by atoms with van der Waals surface area (Å²) in [5.41, 5.74) is -0.402. The van der Waals surface area contributed by atoms with Crippen molar-refractivity contribution >= 4 is 33.4 Å². The van der Waals surface area contributed by atoms with Crippen LogP contribution in [0.2, 0.25) is 0 Å². The van der Waals surface area contributed by atoms with Gasteiger partial charge in [0.15, 0.2) is 11.6 Å². The number of carbonyl (C=O) groups excluding carboxylic acids is 2. The molecule has 114 valence electrons. The Morgan fingerprint density at radius 3 is 2.52 bits per heavy atom. The van der Waals surface area contributed by atoms with Gasteiger partial charge in [0.25, 0.3) is 0 Å². The Bertz CT molecular complexity index is 557. The van der Waals surface area contributed by atoms with Gasteiger partial charge in [0.2, 0.25) is 11.8 Å². The van der Waals surface area contributed by atoms with E-state index in [1.54, 1.807) is 0 Å². The minimum atomic E-state index is -0.833. The Kier molecular flexibility index (Phi) is 4.92. The smallest absolute Gasteiger partial charge is 0.249 e. The van der Waals surface area contributed by atoms with Crippen LogP contribution in [0.25, 0.3) is 0 Å². The molecule has 1 fully saturated rings. The molecule has 1 aliphatic rings.